The second kappa shape index (κ2) is 9.89. The molecule has 0 atom stereocenters. The molecule has 2 aliphatic heterocycles. The third-order valence-electron chi connectivity index (χ3n) is 7.06. The summed E-state index contributed by atoms with van der Waals surface area (Å²) in [5.41, 5.74) is 4.06. The first-order valence-corrected chi connectivity index (χ1v) is 14.3. The number of nitrogens with zero attached hydrogens (tertiary/aromatic N) is 2. The second-order valence-electron chi connectivity index (χ2n) is 9.99. The van der Waals surface area contributed by atoms with Gasteiger partial charge in [0.25, 0.3) is 11.8 Å². The second-order valence-corrected chi connectivity index (χ2v) is 12.0. The Kier molecular flexibility index (Phi) is 6.75. The van der Waals surface area contributed by atoms with Crippen molar-refractivity contribution >= 4 is 21.7 Å². The van der Waals surface area contributed by atoms with Crippen LogP contribution in [0, 0.1) is 0 Å². The van der Waals surface area contributed by atoms with Crippen LogP contribution in [0.15, 0.2) is 71.6 Å². The van der Waals surface area contributed by atoms with E-state index >= 15 is 0 Å². The van der Waals surface area contributed by atoms with E-state index in [0.29, 0.717) is 43.7 Å². The number of fused-ring (bicyclic) bond motifs is 1. The zero-order valence-electron chi connectivity index (χ0n) is 21.6. The van der Waals surface area contributed by atoms with Gasteiger partial charge in [-0.05, 0) is 59.7 Å². The molecule has 0 aromatic heterocycles. The summed E-state index contributed by atoms with van der Waals surface area (Å²) >= 11 is 0. The summed E-state index contributed by atoms with van der Waals surface area (Å²) in [7, 11) is 0.152. The number of ether oxygens (including phenoxy) is 2. The molecule has 198 valence electrons. The average Bonchev–Trinajstić information content (AvgIpc) is 2.92. The standard InChI is InChI=1S/C29H30N2O6S/c1-30(2)27(32)21-6-4-20(5-7-21)23-10-13-26-24(18-23)19-36-29(37-26)14-16-31(17-15-29)28(33)22-8-11-25(12-9-22)38(3,34)35/h4-13,18H,14-17,19H2,1-3H3. The Morgan fingerprint density at radius 3 is 2.08 bits per heavy atom. The number of likely N-dealkylation sites (tertiary alicyclic amines) is 1. The normalized spacial score (nSPS) is 16.4. The van der Waals surface area contributed by atoms with Gasteiger partial charge in [0, 0.05) is 63.0 Å². The molecule has 0 N–H and O–H groups in total. The molecule has 2 amide bonds. The van der Waals surface area contributed by atoms with Gasteiger partial charge < -0.3 is 19.3 Å². The molecule has 2 aliphatic rings. The van der Waals surface area contributed by atoms with E-state index in [0.717, 1.165) is 28.7 Å². The molecule has 0 aliphatic carbocycles. The Hall–Kier alpha value is -3.69. The van der Waals surface area contributed by atoms with Gasteiger partial charge in [-0.2, -0.15) is 0 Å². The molecular formula is C29H30N2O6S. The zero-order valence-corrected chi connectivity index (χ0v) is 22.5. The molecule has 1 fully saturated rings. The summed E-state index contributed by atoms with van der Waals surface area (Å²) in [5.74, 6) is -0.180. The number of piperidine rings is 1. The molecule has 38 heavy (non-hydrogen) atoms. The molecule has 8 nitrogen and oxygen atoms in total. The quantitative estimate of drug-likeness (QED) is 0.502. The minimum atomic E-state index is -3.31. The van der Waals surface area contributed by atoms with E-state index in [1.807, 2.05) is 42.5 Å². The van der Waals surface area contributed by atoms with Crippen LogP contribution in [0.1, 0.15) is 39.1 Å². The van der Waals surface area contributed by atoms with E-state index < -0.39 is 15.6 Å². The minimum Gasteiger partial charge on any atom is -0.462 e. The fourth-order valence-corrected chi connectivity index (χ4v) is 5.43. The van der Waals surface area contributed by atoms with Gasteiger partial charge in [-0.25, -0.2) is 8.42 Å². The third-order valence-corrected chi connectivity index (χ3v) is 8.19. The molecular weight excluding hydrogens is 504 g/mol. The molecule has 0 bridgehead atoms. The van der Waals surface area contributed by atoms with Gasteiger partial charge in [-0.3, -0.25) is 9.59 Å². The first kappa shape index (κ1) is 25.9. The largest absolute Gasteiger partial charge is 0.462 e. The average molecular weight is 535 g/mol. The van der Waals surface area contributed by atoms with Crippen LogP contribution >= 0.6 is 0 Å². The predicted octanol–water partition coefficient (Wildman–Crippen LogP) is 4.00. The molecule has 1 spiro atoms. The van der Waals surface area contributed by atoms with Gasteiger partial charge >= 0.3 is 0 Å². The van der Waals surface area contributed by atoms with Crippen molar-refractivity contribution in [1.29, 1.82) is 0 Å². The van der Waals surface area contributed by atoms with Crippen molar-refractivity contribution in [2.24, 2.45) is 0 Å². The number of rotatable bonds is 4. The summed E-state index contributed by atoms with van der Waals surface area (Å²) in [5, 5.41) is 0. The number of amides is 2. The van der Waals surface area contributed by atoms with Crippen LogP contribution in [0.25, 0.3) is 11.1 Å². The lowest BCUT2D eigenvalue weighted by atomic mass is 9.98. The van der Waals surface area contributed by atoms with Crippen LogP contribution in [0.3, 0.4) is 0 Å². The molecule has 1 saturated heterocycles. The molecule has 0 radical (unpaired) electrons. The topological polar surface area (TPSA) is 93.2 Å². The van der Waals surface area contributed by atoms with Gasteiger partial charge in [-0.15, -0.1) is 0 Å². The van der Waals surface area contributed by atoms with Crippen LogP contribution < -0.4 is 4.74 Å². The van der Waals surface area contributed by atoms with Crippen molar-refractivity contribution in [3.63, 3.8) is 0 Å². The van der Waals surface area contributed by atoms with E-state index in [9.17, 15) is 18.0 Å². The van der Waals surface area contributed by atoms with E-state index in [1.54, 1.807) is 36.0 Å². The van der Waals surface area contributed by atoms with Crippen molar-refractivity contribution < 1.29 is 27.5 Å². The highest BCUT2D eigenvalue weighted by molar-refractivity contribution is 7.90. The fourth-order valence-electron chi connectivity index (χ4n) is 4.80. The smallest absolute Gasteiger partial charge is 0.253 e. The Labute approximate surface area is 222 Å². The Morgan fingerprint density at radius 1 is 0.868 bits per heavy atom. The molecule has 2 heterocycles. The van der Waals surface area contributed by atoms with Crippen LogP contribution in [0.5, 0.6) is 5.75 Å². The summed E-state index contributed by atoms with van der Waals surface area (Å²) in [6, 6.07) is 19.6. The van der Waals surface area contributed by atoms with E-state index in [-0.39, 0.29) is 16.7 Å². The first-order chi connectivity index (χ1) is 18.0. The SMILES string of the molecule is CN(C)C(=O)c1ccc(-c2ccc3c(c2)COC2(CCN(C(=O)c4ccc(S(C)(=O)=O)cc4)CC2)O3)cc1. The lowest BCUT2D eigenvalue weighted by molar-refractivity contribution is -0.225. The van der Waals surface area contributed by atoms with Gasteiger partial charge in [0.2, 0.25) is 5.79 Å². The van der Waals surface area contributed by atoms with Crippen LogP contribution in [-0.4, -0.2) is 69.3 Å². The van der Waals surface area contributed by atoms with E-state index in [4.69, 9.17) is 9.47 Å². The molecule has 0 saturated carbocycles. The highest BCUT2D eigenvalue weighted by Crippen LogP contribution is 2.39. The minimum absolute atomic E-state index is 0.0355. The summed E-state index contributed by atoms with van der Waals surface area (Å²) < 4.78 is 35.9. The summed E-state index contributed by atoms with van der Waals surface area (Å²) in [6.45, 7) is 1.34. The van der Waals surface area contributed by atoms with E-state index in [1.165, 1.54) is 12.1 Å². The number of benzene rings is 3. The number of hydrogen-bond acceptors (Lipinski definition) is 6. The number of hydrogen-bond donors (Lipinski definition) is 0. The monoisotopic (exact) mass is 534 g/mol. The zero-order chi connectivity index (χ0) is 27.1. The van der Waals surface area contributed by atoms with Crippen LogP contribution in [0.4, 0.5) is 0 Å². The van der Waals surface area contributed by atoms with Crippen molar-refractivity contribution in [2.75, 3.05) is 33.4 Å². The first-order valence-electron chi connectivity index (χ1n) is 12.4. The maximum atomic E-state index is 13.0. The summed E-state index contributed by atoms with van der Waals surface area (Å²) in [6.07, 6.45) is 2.20. The Morgan fingerprint density at radius 2 is 1.47 bits per heavy atom. The molecule has 9 heteroatoms. The maximum Gasteiger partial charge on any atom is 0.253 e. The summed E-state index contributed by atoms with van der Waals surface area (Å²) in [4.78, 5) is 28.6. The van der Waals surface area contributed by atoms with Gasteiger partial charge in [0.15, 0.2) is 9.84 Å². The number of sulfone groups is 1. The van der Waals surface area contributed by atoms with Crippen molar-refractivity contribution in [1.82, 2.24) is 9.80 Å². The van der Waals surface area contributed by atoms with Crippen LogP contribution in [0.2, 0.25) is 0 Å². The highest BCUT2D eigenvalue weighted by Gasteiger charge is 2.42. The molecule has 3 aromatic carbocycles. The molecule has 5 rings (SSSR count). The maximum absolute atomic E-state index is 13.0. The lowest BCUT2D eigenvalue weighted by Crippen LogP contribution is -2.52. The number of carbonyl (C=O) groups excluding carboxylic acids is 2. The number of carbonyl (C=O) groups is 2. The fraction of sp³-hybridized carbons (Fsp3) is 0.310. The van der Waals surface area contributed by atoms with Crippen LogP contribution in [-0.2, 0) is 21.2 Å². The Balaban J connectivity index is 1.23. The van der Waals surface area contributed by atoms with Crippen molar-refractivity contribution in [3.8, 4) is 16.9 Å². The van der Waals surface area contributed by atoms with Crippen molar-refractivity contribution in [2.45, 2.75) is 30.1 Å². The van der Waals surface area contributed by atoms with Gasteiger partial charge in [0.05, 0.1) is 11.5 Å². The van der Waals surface area contributed by atoms with Crippen molar-refractivity contribution in [3.05, 3.63) is 83.4 Å². The van der Waals surface area contributed by atoms with Gasteiger partial charge in [0.1, 0.15) is 5.75 Å². The third kappa shape index (κ3) is 5.16. The molecule has 0 unspecified atom stereocenters. The van der Waals surface area contributed by atoms with Gasteiger partial charge in [-0.1, -0.05) is 18.2 Å². The predicted molar refractivity (Wildman–Crippen MR) is 143 cm³/mol. The Bertz CT molecular complexity index is 1470. The highest BCUT2D eigenvalue weighted by atomic mass is 32.2. The van der Waals surface area contributed by atoms with E-state index in [2.05, 4.69) is 0 Å². The lowest BCUT2D eigenvalue weighted by Gasteiger charge is -2.44. The molecule has 3 aromatic rings.